The fraction of sp³-hybridized carbons (Fsp3) is 0.500. The highest BCUT2D eigenvalue weighted by Crippen LogP contribution is 2.39. The molecule has 2 saturated heterocycles. The van der Waals surface area contributed by atoms with E-state index < -0.39 is 0 Å². The van der Waals surface area contributed by atoms with Gasteiger partial charge in [-0.25, -0.2) is 0 Å². The first-order valence-corrected chi connectivity index (χ1v) is 6.43. The lowest BCUT2D eigenvalue weighted by Gasteiger charge is -2.19. The van der Waals surface area contributed by atoms with Gasteiger partial charge >= 0.3 is 5.69 Å². The number of anilines is 1. The fourth-order valence-electron chi connectivity index (χ4n) is 2.99. The van der Waals surface area contributed by atoms with Gasteiger partial charge < -0.3 is 10.2 Å². The van der Waals surface area contributed by atoms with E-state index in [1.807, 2.05) is 0 Å². The molecule has 0 amide bonds. The summed E-state index contributed by atoms with van der Waals surface area (Å²) in [5, 5.41) is 14.7. The number of halogens is 1. The van der Waals surface area contributed by atoms with Crippen molar-refractivity contribution >= 4 is 23.0 Å². The maximum atomic E-state index is 11.1. The van der Waals surface area contributed by atoms with Gasteiger partial charge in [0.2, 0.25) is 0 Å². The van der Waals surface area contributed by atoms with Gasteiger partial charge in [-0.2, -0.15) is 0 Å². The number of rotatable bonds is 2. The van der Waals surface area contributed by atoms with Gasteiger partial charge in [0.1, 0.15) is 10.7 Å². The molecule has 2 heterocycles. The van der Waals surface area contributed by atoms with Crippen LogP contribution < -0.4 is 10.2 Å². The Morgan fingerprint density at radius 2 is 2.00 bits per heavy atom. The molecule has 1 aromatic rings. The van der Waals surface area contributed by atoms with Crippen LogP contribution in [0.15, 0.2) is 18.2 Å². The monoisotopic (exact) mass is 267 g/mol. The zero-order valence-electron chi connectivity index (χ0n) is 9.80. The number of benzene rings is 1. The third kappa shape index (κ3) is 1.83. The van der Waals surface area contributed by atoms with E-state index in [2.05, 4.69) is 10.2 Å². The molecule has 2 unspecified atom stereocenters. The highest BCUT2D eigenvalue weighted by atomic mass is 35.5. The highest BCUT2D eigenvalue weighted by molar-refractivity contribution is 6.33. The molecular formula is C12H14ClN3O2. The highest BCUT2D eigenvalue weighted by Gasteiger charge is 2.38. The molecule has 0 saturated carbocycles. The maximum Gasteiger partial charge on any atom is 0.310 e. The van der Waals surface area contributed by atoms with Gasteiger partial charge in [0, 0.05) is 26.2 Å². The summed E-state index contributed by atoms with van der Waals surface area (Å²) >= 11 is 5.94. The molecule has 2 fully saturated rings. The number of para-hydroxylation sites is 1. The molecule has 0 aromatic heterocycles. The first-order valence-electron chi connectivity index (χ1n) is 6.05. The van der Waals surface area contributed by atoms with Gasteiger partial charge in [-0.15, -0.1) is 0 Å². The van der Waals surface area contributed by atoms with Crippen LogP contribution in [-0.2, 0) is 0 Å². The van der Waals surface area contributed by atoms with Crippen LogP contribution in [0.1, 0.15) is 0 Å². The van der Waals surface area contributed by atoms with Crippen molar-refractivity contribution in [2.75, 3.05) is 31.1 Å². The summed E-state index contributed by atoms with van der Waals surface area (Å²) < 4.78 is 0. The minimum Gasteiger partial charge on any atom is -0.365 e. The third-order valence-electron chi connectivity index (χ3n) is 3.88. The largest absolute Gasteiger partial charge is 0.365 e. The first kappa shape index (κ1) is 11.7. The lowest BCUT2D eigenvalue weighted by atomic mass is 10.0. The Morgan fingerprint density at radius 3 is 2.61 bits per heavy atom. The molecule has 18 heavy (non-hydrogen) atoms. The van der Waals surface area contributed by atoms with E-state index >= 15 is 0 Å². The van der Waals surface area contributed by atoms with Crippen LogP contribution in [0.25, 0.3) is 0 Å². The second kappa shape index (κ2) is 4.40. The minimum absolute atomic E-state index is 0.0344. The lowest BCUT2D eigenvalue weighted by Crippen LogP contribution is -2.26. The van der Waals surface area contributed by atoms with E-state index in [0.717, 1.165) is 26.2 Å². The van der Waals surface area contributed by atoms with Crippen molar-refractivity contribution in [2.45, 2.75) is 0 Å². The maximum absolute atomic E-state index is 11.1. The summed E-state index contributed by atoms with van der Waals surface area (Å²) in [7, 11) is 0. The number of fused-ring (bicyclic) bond motifs is 1. The van der Waals surface area contributed by atoms with Gasteiger partial charge in [0.15, 0.2) is 0 Å². The van der Waals surface area contributed by atoms with Crippen molar-refractivity contribution in [3.05, 3.63) is 33.3 Å². The standard InChI is InChI=1S/C12H14ClN3O2/c13-10-2-1-3-11(12(10)16(17)18)15-6-8-4-14-5-9(8)7-15/h1-3,8-9,14H,4-7H2. The van der Waals surface area contributed by atoms with Crippen molar-refractivity contribution in [1.82, 2.24) is 5.32 Å². The van der Waals surface area contributed by atoms with Crippen LogP contribution in [0, 0.1) is 22.0 Å². The van der Waals surface area contributed by atoms with E-state index in [9.17, 15) is 10.1 Å². The van der Waals surface area contributed by atoms with E-state index in [1.165, 1.54) is 0 Å². The normalized spacial score (nSPS) is 26.4. The molecule has 2 atom stereocenters. The summed E-state index contributed by atoms with van der Waals surface area (Å²) in [6.45, 7) is 3.77. The average Bonchev–Trinajstić information content (AvgIpc) is 2.87. The summed E-state index contributed by atoms with van der Waals surface area (Å²) in [6.07, 6.45) is 0. The van der Waals surface area contributed by atoms with Crippen molar-refractivity contribution < 1.29 is 4.92 Å². The Bertz CT molecular complexity index is 482. The fourth-order valence-corrected chi connectivity index (χ4v) is 3.23. The van der Waals surface area contributed by atoms with Crippen molar-refractivity contribution in [3.63, 3.8) is 0 Å². The second-order valence-corrected chi connectivity index (χ2v) is 5.36. The number of hydrogen-bond acceptors (Lipinski definition) is 4. The Kier molecular flexibility index (Phi) is 2.87. The smallest absolute Gasteiger partial charge is 0.310 e. The Hall–Kier alpha value is -1.33. The number of hydrogen-bond donors (Lipinski definition) is 1. The molecule has 2 aliphatic rings. The van der Waals surface area contributed by atoms with Crippen molar-refractivity contribution in [3.8, 4) is 0 Å². The molecule has 0 spiro atoms. The SMILES string of the molecule is O=[N+]([O-])c1c(Cl)cccc1N1CC2CNCC2C1. The molecule has 3 rings (SSSR count). The topological polar surface area (TPSA) is 58.4 Å². The molecule has 96 valence electrons. The van der Waals surface area contributed by atoms with Crippen LogP contribution in [0.4, 0.5) is 11.4 Å². The number of nitrogens with zero attached hydrogens (tertiary/aromatic N) is 2. The Labute approximate surface area is 110 Å². The molecule has 1 aromatic carbocycles. The predicted molar refractivity (Wildman–Crippen MR) is 70.2 cm³/mol. The number of nitrogens with one attached hydrogen (secondary N) is 1. The van der Waals surface area contributed by atoms with Crippen molar-refractivity contribution in [2.24, 2.45) is 11.8 Å². The molecule has 1 N–H and O–H groups in total. The van der Waals surface area contributed by atoms with Crippen LogP contribution in [-0.4, -0.2) is 31.1 Å². The Morgan fingerprint density at radius 1 is 1.33 bits per heavy atom. The first-order chi connectivity index (χ1) is 8.66. The molecule has 0 radical (unpaired) electrons. The quantitative estimate of drug-likeness (QED) is 0.657. The summed E-state index contributed by atoms with van der Waals surface area (Å²) in [5.74, 6) is 1.20. The van der Waals surface area contributed by atoms with E-state index in [1.54, 1.807) is 18.2 Å². The van der Waals surface area contributed by atoms with Crippen LogP contribution in [0.3, 0.4) is 0 Å². The van der Waals surface area contributed by atoms with Gasteiger partial charge in [-0.05, 0) is 24.0 Å². The zero-order valence-corrected chi connectivity index (χ0v) is 10.6. The van der Waals surface area contributed by atoms with Crippen LogP contribution >= 0.6 is 11.6 Å². The van der Waals surface area contributed by atoms with Gasteiger partial charge in [-0.1, -0.05) is 17.7 Å². The van der Waals surface area contributed by atoms with Crippen molar-refractivity contribution in [1.29, 1.82) is 0 Å². The minimum atomic E-state index is -0.385. The molecule has 0 aliphatic carbocycles. The Balaban J connectivity index is 1.93. The third-order valence-corrected chi connectivity index (χ3v) is 4.18. The molecule has 2 aliphatic heterocycles. The molecule has 0 bridgehead atoms. The lowest BCUT2D eigenvalue weighted by molar-refractivity contribution is -0.384. The summed E-state index contributed by atoms with van der Waals surface area (Å²) in [4.78, 5) is 12.8. The predicted octanol–water partition coefficient (Wildman–Crippen LogP) is 1.90. The zero-order chi connectivity index (χ0) is 12.7. The summed E-state index contributed by atoms with van der Waals surface area (Å²) in [5.41, 5.74) is 0.689. The van der Waals surface area contributed by atoms with Crippen LogP contribution in [0.5, 0.6) is 0 Å². The van der Waals surface area contributed by atoms with Gasteiger partial charge in [0.25, 0.3) is 0 Å². The second-order valence-electron chi connectivity index (χ2n) is 4.95. The average molecular weight is 268 g/mol. The van der Waals surface area contributed by atoms with Gasteiger partial charge in [-0.3, -0.25) is 10.1 Å². The van der Waals surface area contributed by atoms with Crippen LogP contribution in [0.2, 0.25) is 5.02 Å². The molecule has 6 heteroatoms. The van der Waals surface area contributed by atoms with E-state index in [4.69, 9.17) is 11.6 Å². The molecule has 5 nitrogen and oxygen atoms in total. The summed E-state index contributed by atoms with van der Waals surface area (Å²) in [6, 6.07) is 5.14. The molecular weight excluding hydrogens is 254 g/mol. The number of nitro groups is 1. The van der Waals surface area contributed by atoms with Gasteiger partial charge in [0.05, 0.1) is 4.92 Å². The van der Waals surface area contributed by atoms with E-state index in [-0.39, 0.29) is 15.6 Å². The van der Waals surface area contributed by atoms with E-state index in [0.29, 0.717) is 17.5 Å². The number of nitro benzene ring substituents is 1.